The number of likely N-dealkylation sites (tertiary alicyclic amines) is 1. The van der Waals surface area contributed by atoms with Gasteiger partial charge < -0.3 is 20.0 Å². The first-order chi connectivity index (χ1) is 13.2. The van der Waals surface area contributed by atoms with Gasteiger partial charge in [-0.25, -0.2) is 9.97 Å². The van der Waals surface area contributed by atoms with E-state index in [2.05, 4.69) is 50.8 Å². The predicted molar refractivity (Wildman–Crippen MR) is 111 cm³/mol. The van der Waals surface area contributed by atoms with E-state index in [9.17, 15) is 0 Å². The fourth-order valence-corrected chi connectivity index (χ4v) is 3.93. The fraction of sp³-hybridized carbons (Fsp3) is 0.750. The van der Waals surface area contributed by atoms with Gasteiger partial charge in [0.1, 0.15) is 0 Å². The van der Waals surface area contributed by atoms with Crippen molar-refractivity contribution < 1.29 is 0 Å². The van der Waals surface area contributed by atoms with Crippen molar-refractivity contribution in [3.63, 3.8) is 0 Å². The summed E-state index contributed by atoms with van der Waals surface area (Å²) in [6, 6.07) is 2.50. The van der Waals surface area contributed by atoms with Crippen LogP contribution in [0.1, 0.15) is 33.6 Å². The molecule has 0 aromatic carbocycles. The summed E-state index contributed by atoms with van der Waals surface area (Å²) in [7, 11) is 0. The number of guanidine groups is 1. The molecule has 2 aliphatic rings. The number of nitrogens with one attached hydrogen (secondary N) is 1. The maximum Gasteiger partial charge on any atom is 0.225 e. The Morgan fingerprint density at radius 3 is 2.59 bits per heavy atom. The molecule has 0 saturated carbocycles. The second kappa shape index (κ2) is 9.88. The zero-order valence-corrected chi connectivity index (χ0v) is 17.1. The van der Waals surface area contributed by atoms with Gasteiger partial charge in [-0.2, -0.15) is 0 Å². The van der Waals surface area contributed by atoms with Crippen molar-refractivity contribution in [3.8, 4) is 0 Å². The summed E-state index contributed by atoms with van der Waals surface area (Å²) in [6.45, 7) is 14.7. The minimum atomic E-state index is 0.637. The topological polar surface area (TPSA) is 59.9 Å². The van der Waals surface area contributed by atoms with Gasteiger partial charge in [-0.05, 0) is 52.1 Å². The highest BCUT2D eigenvalue weighted by molar-refractivity contribution is 5.80. The lowest BCUT2D eigenvalue weighted by Gasteiger charge is -2.37. The first-order valence-electron chi connectivity index (χ1n) is 10.5. The number of piperazine rings is 1. The van der Waals surface area contributed by atoms with E-state index in [4.69, 9.17) is 4.99 Å². The summed E-state index contributed by atoms with van der Waals surface area (Å²) in [5.41, 5.74) is 0. The number of aliphatic imine (C=N–C) groups is 1. The van der Waals surface area contributed by atoms with Crippen LogP contribution in [0.15, 0.2) is 23.5 Å². The van der Waals surface area contributed by atoms with Gasteiger partial charge in [0.2, 0.25) is 5.95 Å². The Morgan fingerprint density at radius 1 is 1.19 bits per heavy atom. The molecule has 2 aliphatic heterocycles. The van der Waals surface area contributed by atoms with E-state index in [-0.39, 0.29) is 0 Å². The molecule has 0 spiro atoms. The number of piperidine rings is 1. The van der Waals surface area contributed by atoms with Gasteiger partial charge in [0.05, 0.1) is 0 Å². The lowest BCUT2D eigenvalue weighted by molar-refractivity contribution is 0.143. The monoisotopic (exact) mass is 373 g/mol. The van der Waals surface area contributed by atoms with Crippen LogP contribution in [0, 0.1) is 5.92 Å². The Labute approximate surface area is 163 Å². The molecule has 1 aromatic heterocycles. The van der Waals surface area contributed by atoms with Gasteiger partial charge in [0.25, 0.3) is 0 Å². The van der Waals surface area contributed by atoms with Crippen LogP contribution in [0.2, 0.25) is 0 Å². The smallest absolute Gasteiger partial charge is 0.225 e. The van der Waals surface area contributed by atoms with Crippen LogP contribution in [0.4, 0.5) is 5.95 Å². The molecule has 0 radical (unpaired) electrons. The molecule has 0 amide bonds. The molecule has 7 nitrogen and oxygen atoms in total. The SMILES string of the molecule is CCNC(=NCC1CCCN(C(C)C)C1)N1CCN(c2ncccn2)CC1. The second-order valence-corrected chi connectivity index (χ2v) is 7.81. The van der Waals surface area contributed by atoms with E-state index < -0.39 is 0 Å². The van der Waals surface area contributed by atoms with E-state index in [1.807, 2.05) is 18.5 Å². The van der Waals surface area contributed by atoms with E-state index >= 15 is 0 Å². The molecule has 1 N–H and O–H groups in total. The number of rotatable bonds is 5. The number of nitrogens with zero attached hydrogens (tertiary/aromatic N) is 6. The van der Waals surface area contributed by atoms with Gasteiger partial charge in [0, 0.05) is 64.2 Å². The number of hydrogen-bond acceptors (Lipinski definition) is 5. The maximum atomic E-state index is 5.01. The normalized spacial score (nSPS) is 22.4. The van der Waals surface area contributed by atoms with Crippen molar-refractivity contribution >= 4 is 11.9 Å². The van der Waals surface area contributed by atoms with Gasteiger partial charge in [-0.3, -0.25) is 4.99 Å². The Hall–Kier alpha value is -1.89. The molecule has 2 fully saturated rings. The zero-order valence-electron chi connectivity index (χ0n) is 17.1. The minimum absolute atomic E-state index is 0.637. The number of anilines is 1. The molecular formula is C20H35N7. The van der Waals surface area contributed by atoms with Crippen molar-refractivity contribution in [3.05, 3.63) is 18.5 Å². The Balaban J connectivity index is 1.55. The Bertz CT molecular complexity index is 581. The quantitative estimate of drug-likeness (QED) is 0.626. The predicted octanol–water partition coefficient (Wildman–Crippen LogP) is 1.68. The standard InChI is InChI=1S/C20H35N7/c1-4-21-19(24-15-18-7-5-10-27(16-18)17(2)3)25-11-13-26(14-12-25)20-22-8-6-9-23-20/h6,8-9,17-18H,4-5,7,10-16H2,1-3H3,(H,21,24). The summed E-state index contributed by atoms with van der Waals surface area (Å²) in [6.07, 6.45) is 6.21. The molecule has 1 atom stereocenters. The largest absolute Gasteiger partial charge is 0.357 e. The maximum absolute atomic E-state index is 5.01. The van der Waals surface area contributed by atoms with Crippen molar-refractivity contribution in [2.45, 2.75) is 39.7 Å². The first-order valence-corrected chi connectivity index (χ1v) is 10.5. The van der Waals surface area contributed by atoms with Gasteiger partial charge >= 0.3 is 0 Å². The van der Waals surface area contributed by atoms with Crippen LogP contribution in [0.3, 0.4) is 0 Å². The van der Waals surface area contributed by atoms with Crippen LogP contribution >= 0.6 is 0 Å². The van der Waals surface area contributed by atoms with E-state index in [0.717, 1.165) is 51.2 Å². The van der Waals surface area contributed by atoms with Crippen LogP contribution in [-0.2, 0) is 0 Å². The molecule has 0 aliphatic carbocycles. The first kappa shape index (κ1) is 19.9. The average molecular weight is 374 g/mol. The van der Waals surface area contributed by atoms with Crippen molar-refractivity contribution in [1.82, 2.24) is 25.1 Å². The summed E-state index contributed by atoms with van der Waals surface area (Å²) in [4.78, 5) is 21.0. The van der Waals surface area contributed by atoms with Crippen molar-refractivity contribution in [2.75, 3.05) is 57.3 Å². The summed E-state index contributed by atoms with van der Waals surface area (Å²) in [5.74, 6) is 2.57. The highest BCUT2D eigenvalue weighted by Gasteiger charge is 2.23. The molecule has 1 unspecified atom stereocenters. The van der Waals surface area contributed by atoms with Crippen molar-refractivity contribution in [2.24, 2.45) is 10.9 Å². The third-order valence-electron chi connectivity index (χ3n) is 5.53. The summed E-state index contributed by atoms with van der Waals surface area (Å²) < 4.78 is 0. The Morgan fingerprint density at radius 2 is 1.93 bits per heavy atom. The third kappa shape index (κ3) is 5.54. The third-order valence-corrected chi connectivity index (χ3v) is 5.53. The molecule has 1 aromatic rings. The minimum Gasteiger partial charge on any atom is -0.357 e. The fourth-order valence-electron chi connectivity index (χ4n) is 3.93. The van der Waals surface area contributed by atoms with Crippen LogP contribution in [0.25, 0.3) is 0 Å². The van der Waals surface area contributed by atoms with Crippen LogP contribution in [0.5, 0.6) is 0 Å². The second-order valence-electron chi connectivity index (χ2n) is 7.81. The molecule has 3 heterocycles. The summed E-state index contributed by atoms with van der Waals surface area (Å²) >= 11 is 0. The molecule has 0 bridgehead atoms. The number of hydrogen-bond donors (Lipinski definition) is 1. The van der Waals surface area contributed by atoms with E-state index in [1.54, 1.807) is 0 Å². The van der Waals surface area contributed by atoms with E-state index in [1.165, 1.54) is 25.9 Å². The Kier molecular flexibility index (Phi) is 7.26. The molecular weight excluding hydrogens is 338 g/mol. The molecule has 150 valence electrons. The van der Waals surface area contributed by atoms with Gasteiger partial charge in [0.15, 0.2) is 5.96 Å². The molecule has 2 saturated heterocycles. The van der Waals surface area contributed by atoms with Crippen LogP contribution in [-0.4, -0.2) is 84.1 Å². The summed E-state index contributed by atoms with van der Waals surface area (Å²) in [5, 5.41) is 3.49. The number of aromatic nitrogens is 2. The van der Waals surface area contributed by atoms with Gasteiger partial charge in [-0.1, -0.05) is 0 Å². The molecule has 27 heavy (non-hydrogen) atoms. The molecule has 7 heteroatoms. The highest BCUT2D eigenvalue weighted by Crippen LogP contribution is 2.19. The zero-order chi connectivity index (χ0) is 19.1. The highest BCUT2D eigenvalue weighted by atomic mass is 15.4. The van der Waals surface area contributed by atoms with Crippen LogP contribution < -0.4 is 10.2 Å². The lowest BCUT2D eigenvalue weighted by Crippen LogP contribution is -2.53. The average Bonchev–Trinajstić information content (AvgIpc) is 2.72. The van der Waals surface area contributed by atoms with E-state index in [0.29, 0.717) is 12.0 Å². The lowest BCUT2D eigenvalue weighted by atomic mass is 9.97. The van der Waals surface area contributed by atoms with Gasteiger partial charge in [-0.15, -0.1) is 0 Å². The molecule has 3 rings (SSSR count). The van der Waals surface area contributed by atoms with Crippen molar-refractivity contribution in [1.29, 1.82) is 0 Å².